The number of benzene rings is 1. The fourth-order valence-corrected chi connectivity index (χ4v) is 1.67. The van der Waals surface area contributed by atoms with Crippen molar-refractivity contribution in [2.75, 3.05) is 29.9 Å². The van der Waals surface area contributed by atoms with E-state index in [0.717, 1.165) is 17.9 Å². The molecule has 1 rings (SSSR count). The second-order valence-corrected chi connectivity index (χ2v) is 4.05. The monoisotopic (exact) mass is 252 g/mol. The fourth-order valence-electron chi connectivity index (χ4n) is 1.67. The summed E-state index contributed by atoms with van der Waals surface area (Å²) in [5, 5.41) is 20.6. The third-order valence-electron chi connectivity index (χ3n) is 2.74. The molecule has 0 heterocycles. The van der Waals surface area contributed by atoms with Crippen LogP contribution in [-0.2, 0) is 4.79 Å². The summed E-state index contributed by atoms with van der Waals surface area (Å²) in [6.45, 7) is 5.15. The van der Waals surface area contributed by atoms with Crippen LogP contribution in [0.15, 0.2) is 24.3 Å². The van der Waals surface area contributed by atoms with Gasteiger partial charge >= 0.3 is 5.97 Å². The first-order valence-electron chi connectivity index (χ1n) is 6.03. The highest BCUT2D eigenvalue weighted by Gasteiger charge is 2.10. The molecule has 0 aliphatic heterocycles. The summed E-state index contributed by atoms with van der Waals surface area (Å²) in [4.78, 5) is 12.8. The lowest BCUT2D eigenvalue weighted by Gasteiger charge is -2.22. The van der Waals surface area contributed by atoms with Gasteiger partial charge in [-0.1, -0.05) is 0 Å². The number of hydrogen-bond donors (Lipinski definition) is 3. The molecule has 18 heavy (non-hydrogen) atoms. The van der Waals surface area contributed by atoms with Gasteiger partial charge in [0.05, 0.1) is 6.61 Å². The van der Waals surface area contributed by atoms with Crippen LogP contribution in [0.3, 0.4) is 0 Å². The van der Waals surface area contributed by atoms with Gasteiger partial charge in [0.25, 0.3) is 0 Å². The molecule has 0 fully saturated rings. The van der Waals surface area contributed by atoms with E-state index in [9.17, 15) is 4.79 Å². The van der Waals surface area contributed by atoms with Crippen molar-refractivity contribution in [1.29, 1.82) is 0 Å². The zero-order chi connectivity index (χ0) is 13.5. The molecular weight excluding hydrogens is 232 g/mol. The van der Waals surface area contributed by atoms with Gasteiger partial charge in [-0.25, -0.2) is 0 Å². The molecule has 0 saturated carbocycles. The number of anilines is 2. The summed E-state index contributed by atoms with van der Waals surface area (Å²) in [5.41, 5.74) is 1.79. The lowest BCUT2D eigenvalue weighted by Crippen LogP contribution is -2.26. The van der Waals surface area contributed by atoms with Gasteiger partial charge in [-0.2, -0.15) is 0 Å². The average molecular weight is 252 g/mol. The predicted octanol–water partition coefficient (Wildman–Crippen LogP) is 1.39. The summed E-state index contributed by atoms with van der Waals surface area (Å²) in [6, 6.07) is 6.89. The average Bonchev–Trinajstić information content (AvgIpc) is 2.37. The molecule has 3 N–H and O–H groups in total. The second kappa shape index (κ2) is 6.86. The molecule has 1 atom stereocenters. The number of aliphatic carboxylic acids is 1. The maximum Gasteiger partial charge on any atom is 0.325 e. The molecule has 100 valence electrons. The van der Waals surface area contributed by atoms with Gasteiger partial charge in [0.2, 0.25) is 0 Å². The Kier molecular flexibility index (Phi) is 5.45. The first-order valence-corrected chi connectivity index (χ1v) is 6.03. The van der Waals surface area contributed by atoms with Crippen LogP contribution in [0.1, 0.15) is 13.8 Å². The highest BCUT2D eigenvalue weighted by Crippen LogP contribution is 2.18. The van der Waals surface area contributed by atoms with E-state index in [-0.39, 0.29) is 6.61 Å². The number of carboxylic acids is 1. The number of aliphatic hydroxyl groups is 1. The summed E-state index contributed by atoms with van der Waals surface area (Å²) >= 11 is 0. The number of nitrogens with one attached hydrogen (secondary N) is 1. The van der Waals surface area contributed by atoms with Crippen LogP contribution in [0.4, 0.5) is 11.4 Å². The summed E-state index contributed by atoms with van der Waals surface area (Å²) < 4.78 is 0. The second-order valence-electron chi connectivity index (χ2n) is 4.05. The van der Waals surface area contributed by atoms with E-state index in [1.54, 1.807) is 6.92 Å². The van der Waals surface area contributed by atoms with Crippen molar-refractivity contribution in [3.8, 4) is 0 Å². The van der Waals surface area contributed by atoms with E-state index in [4.69, 9.17) is 10.2 Å². The van der Waals surface area contributed by atoms with Crippen molar-refractivity contribution >= 4 is 17.3 Å². The number of likely N-dealkylation sites (N-methyl/N-ethyl adjacent to an activating group) is 1. The highest BCUT2D eigenvalue weighted by molar-refractivity contribution is 5.76. The highest BCUT2D eigenvalue weighted by atomic mass is 16.4. The summed E-state index contributed by atoms with van der Waals surface area (Å²) in [6.07, 6.45) is 0. The molecule has 0 saturated heterocycles. The fraction of sp³-hybridized carbons (Fsp3) is 0.462. The van der Waals surface area contributed by atoms with E-state index in [2.05, 4.69) is 5.32 Å². The van der Waals surface area contributed by atoms with Crippen LogP contribution in [-0.4, -0.2) is 41.9 Å². The molecule has 1 aromatic carbocycles. The maximum absolute atomic E-state index is 10.7. The summed E-state index contributed by atoms with van der Waals surface area (Å²) in [7, 11) is 0. The molecule has 0 spiro atoms. The van der Waals surface area contributed by atoms with Crippen LogP contribution >= 0.6 is 0 Å². The lowest BCUT2D eigenvalue weighted by atomic mass is 10.2. The Morgan fingerprint density at radius 3 is 2.44 bits per heavy atom. The molecular formula is C13H20N2O3. The van der Waals surface area contributed by atoms with Gasteiger partial charge in [0.15, 0.2) is 0 Å². The van der Waals surface area contributed by atoms with Crippen molar-refractivity contribution in [3.63, 3.8) is 0 Å². The van der Waals surface area contributed by atoms with Gasteiger partial charge in [0.1, 0.15) is 6.04 Å². The number of nitrogens with zero attached hydrogens (tertiary/aromatic N) is 1. The molecule has 0 amide bonds. The maximum atomic E-state index is 10.7. The quantitative estimate of drug-likeness (QED) is 0.684. The number of carbonyl (C=O) groups is 1. The van der Waals surface area contributed by atoms with Crippen LogP contribution in [0.5, 0.6) is 0 Å². The Hall–Kier alpha value is -1.75. The molecule has 5 heteroatoms. The Morgan fingerprint density at radius 1 is 1.39 bits per heavy atom. The minimum atomic E-state index is -0.880. The Morgan fingerprint density at radius 2 is 2.00 bits per heavy atom. The van der Waals surface area contributed by atoms with Crippen LogP contribution in [0.2, 0.25) is 0 Å². The van der Waals surface area contributed by atoms with Crippen molar-refractivity contribution in [1.82, 2.24) is 0 Å². The van der Waals surface area contributed by atoms with Crippen molar-refractivity contribution in [2.24, 2.45) is 0 Å². The normalized spacial score (nSPS) is 11.9. The molecule has 0 aromatic heterocycles. The smallest absolute Gasteiger partial charge is 0.325 e. The number of rotatable bonds is 7. The van der Waals surface area contributed by atoms with Crippen molar-refractivity contribution in [3.05, 3.63) is 24.3 Å². The Bertz CT molecular complexity index is 378. The Labute approximate surface area is 107 Å². The molecule has 0 radical (unpaired) electrons. The minimum Gasteiger partial charge on any atom is -0.480 e. The summed E-state index contributed by atoms with van der Waals surface area (Å²) in [5.74, 6) is -0.880. The minimum absolute atomic E-state index is 0.115. The number of carboxylic acid groups (broad SMARTS) is 1. The van der Waals surface area contributed by atoms with E-state index >= 15 is 0 Å². The van der Waals surface area contributed by atoms with E-state index in [0.29, 0.717) is 6.54 Å². The van der Waals surface area contributed by atoms with E-state index < -0.39 is 12.0 Å². The van der Waals surface area contributed by atoms with Crippen LogP contribution < -0.4 is 10.2 Å². The molecule has 1 unspecified atom stereocenters. The van der Waals surface area contributed by atoms with Gasteiger partial charge in [0, 0.05) is 24.5 Å². The Balaban J connectivity index is 2.70. The zero-order valence-corrected chi connectivity index (χ0v) is 10.8. The van der Waals surface area contributed by atoms with Crippen molar-refractivity contribution < 1.29 is 15.0 Å². The number of aliphatic hydroxyl groups excluding tert-OH is 1. The van der Waals surface area contributed by atoms with E-state index in [1.807, 2.05) is 36.1 Å². The molecule has 5 nitrogen and oxygen atoms in total. The first-order chi connectivity index (χ1) is 8.58. The molecule has 0 aliphatic carbocycles. The van der Waals surface area contributed by atoms with Gasteiger partial charge < -0.3 is 20.4 Å². The van der Waals surface area contributed by atoms with Crippen molar-refractivity contribution in [2.45, 2.75) is 19.9 Å². The molecule has 0 aliphatic rings. The van der Waals surface area contributed by atoms with Gasteiger partial charge in [-0.3, -0.25) is 4.79 Å². The third kappa shape index (κ3) is 3.92. The number of hydrogen-bond acceptors (Lipinski definition) is 4. The molecule has 1 aromatic rings. The third-order valence-corrected chi connectivity index (χ3v) is 2.74. The standard InChI is InChI=1S/C13H20N2O3/c1-3-15(8-9-16)12-6-4-11(5-7-12)14-10(2)13(17)18/h4-7,10,14,16H,3,8-9H2,1-2H3,(H,17,18). The lowest BCUT2D eigenvalue weighted by molar-refractivity contribution is -0.137. The first kappa shape index (κ1) is 14.3. The van der Waals surface area contributed by atoms with E-state index in [1.165, 1.54) is 0 Å². The predicted molar refractivity (Wildman–Crippen MR) is 72.1 cm³/mol. The van der Waals surface area contributed by atoms with Gasteiger partial charge in [-0.05, 0) is 38.1 Å². The van der Waals surface area contributed by atoms with Crippen LogP contribution in [0, 0.1) is 0 Å². The zero-order valence-electron chi connectivity index (χ0n) is 10.8. The largest absolute Gasteiger partial charge is 0.480 e. The van der Waals surface area contributed by atoms with Crippen LogP contribution in [0.25, 0.3) is 0 Å². The topological polar surface area (TPSA) is 72.8 Å². The van der Waals surface area contributed by atoms with Gasteiger partial charge in [-0.15, -0.1) is 0 Å². The SMILES string of the molecule is CCN(CCO)c1ccc(NC(C)C(=O)O)cc1. The molecule has 0 bridgehead atoms.